The summed E-state index contributed by atoms with van der Waals surface area (Å²) in [5, 5.41) is 0. The summed E-state index contributed by atoms with van der Waals surface area (Å²) in [7, 11) is 0. The number of allylic oxidation sites excluding steroid dienone is 1. The van der Waals surface area contributed by atoms with Crippen molar-refractivity contribution in [1.29, 1.82) is 0 Å². The van der Waals surface area contributed by atoms with E-state index in [1.165, 1.54) is 31.3 Å². The molecule has 1 heteroatoms. The lowest BCUT2D eigenvalue weighted by atomic mass is 10.1. The average Bonchev–Trinajstić information content (AvgIpc) is 1.89. The molecular formula is C9H17N. The van der Waals surface area contributed by atoms with Gasteiger partial charge in [0.25, 0.3) is 0 Å². The fourth-order valence-corrected chi connectivity index (χ4v) is 0.874. The molecule has 0 bridgehead atoms. The minimum absolute atomic E-state index is 1.17. The van der Waals surface area contributed by atoms with Crippen LogP contribution in [0.15, 0.2) is 16.8 Å². The second kappa shape index (κ2) is 6.53. The van der Waals surface area contributed by atoms with E-state index in [1.54, 1.807) is 0 Å². The minimum Gasteiger partial charge on any atom is -0.273 e. The van der Waals surface area contributed by atoms with Crippen LogP contribution in [0.25, 0.3) is 0 Å². The third-order valence-electron chi connectivity index (χ3n) is 1.49. The molecule has 0 aliphatic rings. The number of hydrogen-bond acceptors (Lipinski definition) is 1. The highest BCUT2D eigenvalue weighted by molar-refractivity contribution is 5.26. The van der Waals surface area contributed by atoms with Crippen LogP contribution in [0.2, 0.25) is 0 Å². The summed E-state index contributed by atoms with van der Waals surface area (Å²) in [6.45, 7) is 7.72. The van der Waals surface area contributed by atoms with Crippen LogP contribution in [0.1, 0.15) is 39.5 Å². The number of nitrogens with zero attached hydrogens (tertiary/aromatic N) is 1. The normalized spacial score (nSPS) is 11.6. The maximum absolute atomic E-state index is 3.70. The van der Waals surface area contributed by atoms with Crippen molar-refractivity contribution in [2.24, 2.45) is 4.99 Å². The van der Waals surface area contributed by atoms with E-state index in [0.29, 0.717) is 0 Å². The fourth-order valence-electron chi connectivity index (χ4n) is 0.874. The highest BCUT2D eigenvalue weighted by Crippen LogP contribution is 2.07. The number of rotatable bonds is 5. The summed E-state index contributed by atoms with van der Waals surface area (Å²) in [4.78, 5) is 3.70. The van der Waals surface area contributed by atoms with Crippen LogP contribution in [0.4, 0.5) is 0 Å². The van der Waals surface area contributed by atoms with Crippen LogP contribution in [0, 0.1) is 0 Å². The van der Waals surface area contributed by atoms with E-state index in [2.05, 4.69) is 25.6 Å². The first-order valence-corrected chi connectivity index (χ1v) is 3.92. The molecule has 58 valence electrons. The first-order chi connectivity index (χ1) is 4.81. The van der Waals surface area contributed by atoms with E-state index >= 15 is 0 Å². The SMILES string of the molecule is C=N/C=C(\C)CCCCC. The lowest BCUT2D eigenvalue weighted by Crippen LogP contribution is -1.77. The third kappa shape index (κ3) is 5.54. The first-order valence-electron chi connectivity index (χ1n) is 3.92. The number of unbranched alkanes of at least 4 members (excludes halogenated alkanes) is 2. The van der Waals surface area contributed by atoms with E-state index in [9.17, 15) is 0 Å². The summed E-state index contributed by atoms with van der Waals surface area (Å²) in [5.74, 6) is 0. The van der Waals surface area contributed by atoms with E-state index < -0.39 is 0 Å². The van der Waals surface area contributed by atoms with Gasteiger partial charge in [-0.15, -0.1) is 0 Å². The molecule has 0 heterocycles. The monoisotopic (exact) mass is 139 g/mol. The van der Waals surface area contributed by atoms with Crippen molar-refractivity contribution in [3.63, 3.8) is 0 Å². The van der Waals surface area contributed by atoms with Crippen LogP contribution in [0.3, 0.4) is 0 Å². The zero-order chi connectivity index (χ0) is 7.82. The van der Waals surface area contributed by atoms with E-state index in [1.807, 2.05) is 6.20 Å². The van der Waals surface area contributed by atoms with Crippen molar-refractivity contribution in [3.05, 3.63) is 11.8 Å². The van der Waals surface area contributed by atoms with Gasteiger partial charge < -0.3 is 0 Å². The zero-order valence-corrected chi connectivity index (χ0v) is 7.06. The molecule has 0 saturated carbocycles. The Kier molecular flexibility index (Phi) is 6.14. The molecule has 0 amide bonds. The van der Waals surface area contributed by atoms with Crippen molar-refractivity contribution in [2.45, 2.75) is 39.5 Å². The van der Waals surface area contributed by atoms with Gasteiger partial charge in [0, 0.05) is 6.20 Å². The van der Waals surface area contributed by atoms with Crippen LogP contribution < -0.4 is 0 Å². The smallest absolute Gasteiger partial charge is 0.0249 e. The molecule has 0 N–H and O–H groups in total. The highest BCUT2D eigenvalue weighted by Gasteiger charge is 1.87. The van der Waals surface area contributed by atoms with Crippen molar-refractivity contribution >= 4 is 6.72 Å². The van der Waals surface area contributed by atoms with Gasteiger partial charge >= 0.3 is 0 Å². The van der Waals surface area contributed by atoms with Crippen molar-refractivity contribution in [1.82, 2.24) is 0 Å². The Morgan fingerprint density at radius 2 is 2.20 bits per heavy atom. The molecule has 0 spiro atoms. The van der Waals surface area contributed by atoms with Crippen LogP contribution in [-0.4, -0.2) is 6.72 Å². The Labute approximate surface area is 63.9 Å². The van der Waals surface area contributed by atoms with E-state index in [-0.39, 0.29) is 0 Å². The molecule has 0 radical (unpaired) electrons. The molecular weight excluding hydrogens is 122 g/mol. The molecule has 0 aromatic carbocycles. The summed E-state index contributed by atoms with van der Waals surface area (Å²) in [5.41, 5.74) is 1.34. The molecule has 10 heavy (non-hydrogen) atoms. The predicted molar refractivity (Wildman–Crippen MR) is 47.4 cm³/mol. The second-order valence-electron chi connectivity index (χ2n) is 2.62. The summed E-state index contributed by atoms with van der Waals surface area (Å²) in [6.07, 6.45) is 6.91. The molecule has 0 unspecified atom stereocenters. The Hall–Kier alpha value is -0.590. The van der Waals surface area contributed by atoms with Crippen LogP contribution in [-0.2, 0) is 0 Å². The lowest BCUT2D eigenvalue weighted by molar-refractivity contribution is 0.712. The van der Waals surface area contributed by atoms with Gasteiger partial charge in [0.1, 0.15) is 0 Å². The van der Waals surface area contributed by atoms with Gasteiger partial charge in [0.05, 0.1) is 0 Å². The maximum atomic E-state index is 3.70. The van der Waals surface area contributed by atoms with Gasteiger partial charge in [-0.1, -0.05) is 25.3 Å². The third-order valence-corrected chi connectivity index (χ3v) is 1.49. The maximum Gasteiger partial charge on any atom is 0.0249 e. The van der Waals surface area contributed by atoms with Crippen molar-refractivity contribution < 1.29 is 0 Å². The summed E-state index contributed by atoms with van der Waals surface area (Å²) >= 11 is 0. The molecule has 0 fully saturated rings. The van der Waals surface area contributed by atoms with Gasteiger partial charge in [-0.3, -0.25) is 4.99 Å². The Morgan fingerprint density at radius 1 is 1.50 bits per heavy atom. The topological polar surface area (TPSA) is 12.4 Å². The second-order valence-corrected chi connectivity index (χ2v) is 2.62. The van der Waals surface area contributed by atoms with E-state index in [4.69, 9.17) is 0 Å². The van der Waals surface area contributed by atoms with Crippen molar-refractivity contribution in [2.75, 3.05) is 0 Å². The van der Waals surface area contributed by atoms with Gasteiger partial charge in [-0.2, -0.15) is 0 Å². The Balaban J connectivity index is 3.29. The number of aliphatic imine (C=N–C) groups is 1. The van der Waals surface area contributed by atoms with E-state index in [0.717, 1.165) is 0 Å². The first kappa shape index (κ1) is 9.41. The predicted octanol–water partition coefficient (Wildman–Crippen LogP) is 3.17. The quantitative estimate of drug-likeness (QED) is 0.410. The van der Waals surface area contributed by atoms with Gasteiger partial charge in [0.15, 0.2) is 0 Å². The molecule has 1 nitrogen and oxygen atoms in total. The molecule has 0 aromatic rings. The van der Waals surface area contributed by atoms with Gasteiger partial charge in [0.2, 0.25) is 0 Å². The molecule has 0 aliphatic carbocycles. The lowest BCUT2D eigenvalue weighted by Gasteiger charge is -1.96. The summed E-state index contributed by atoms with van der Waals surface area (Å²) < 4.78 is 0. The zero-order valence-electron chi connectivity index (χ0n) is 7.06. The van der Waals surface area contributed by atoms with Gasteiger partial charge in [-0.05, 0) is 26.5 Å². The fraction of sp³-hybridized carbons (Fsp3) is 0.667. The average molecular weight is 139 g/mol. The molecule has 0 atom stereocenters. The number of hydrogen-bond donors (Lipinski definition) is 0. The van der Waals surface area contributed by atoms with Gasteiger partial charge in [-0.25, -0.2) is 0 Å². The minimum atomic E-state index is 1.17. The summed E-state index contributed by atoms with van der Waals surface area (Å²) in [6, 6.07) is 0. The Bertz CT molecular complexity index is 114. The highest BCUT2D eigenvalue weighted by atomic mass is 14.6. The largest absolute Gasteiger partial charge is 0.273 e. The molecule has 0 aromatic heterocycles. The molecule has 0 saturated heterocycles. The molecule has 0 aliphatic heterocycles. The van der Waals surface area contributed by atoms with Crippen LogP contribution >= 0.6 is 0 Å². The Morgan fingerprint density at radius 3 is 2.70 bits per heavy atom. The van der Waals surface area contributed by atoms with Crippen LogP contribution in [0.5, 0.6) is 0 Å². The van der Waals surface area contributed by atoms with Crippen molar-refractivity contribution in [3.8, 4) is 0 Å². The standard InChI is InChI=1S/C9H17N/c1-4-5-6-7-9(2)8-10-3/h8H,3-7H2,1-2H3/b9-8+. The molecule has 0 rings (SSSR count).